The second-order valence-corrected chi connectivity index (χ2v) is 7.25. The second-order valence-electron chi connectivity index (χ2n) is 7.25. The molecule has 0 radical (unpaired) electrons. The van der Waals surface area contributed by atoms with Crippen molar-refractivity contribution in [3.8, 4) is 5.75 Å². The van der Waals surface area contributed by atoms with Crippen molar-refractivity contribution >= 4 is 6.08 Å². The van der Waals surface area contributed by atoms with Crippen LogP contribution in [0.4, 0.5) is 0 Å². The number of hydrogen-bond donors (Lipinski definition) is 0. The molecular weight excluding hydrogens is 328 g/mol. The monoisotopic (exact) mass is 356 g/mol. The van der Waals surface area contributed by atoms with Gasteiger partial charge in [0.15, 0.2) is 0 Å². The molecule has 27 heavy (non-hydrogen) atoms. The van der Waals surface area contributed by atoms with Crippen LogP contribution in [0.5, 0.6) is 5.75 Å². The van der Waals surface area contributed by atoms with E-state index < -0.39 is 0 Å². The molecule has 0 heterocycles. The van der Waals surface area contributed by atoms with Crippen molar-refractivity contribution < 1.29 is 4.74 Å². The van der Waals surface area contributed by atoms with Crippen LogP contribution in [0.1, 0.15) is 47.9 Å². The molecule has 0 spiro atoms. The molecular formula is C26H28O. The van der Waals surface area contributed by atoms with Crippen molar-refractivity contribution in [3.63, 3.8) is 0 Å². The van der Waals surface area contributed by atoms with Gasteiger partial charge in [-0.05, 0) is 46.7 Å². The minimum atomic E-state index is 0.343. The third-order valence-corrected chi connectivity index (χ3v) is 4.97. The summed E-state index contributed by atoms with van der Waals surface area (Å²) in [6.45, 7) is 4.47. The molecule has 3 rings (SSSR count). The summed E-state index contributed by atoms with van der Waals surface area (Å²) in [5.74, 6) is 1.79. The summed E-state index contributed by atoms with van der Waals surface area (Å²) >= 11 is 0. The predicted molar refractivity (Wildman–Crippen MR) is 115 cm³/mol. The van der Waals surface area contributed by atoms with Crippen LogP contribution in [0.2, 0.25) is 0 Å². The Hall–Kier alpha value is -2.80. The highest BCUT2D eigenvalue weighted by molar-refractivity contribution is 5.52. The Morgan fingerprint density at radius 3 is 2.00 bits per heavy atom. The van der Waals surface area contributed by atoms with E-state index in [9.17, 15) is 0 Å². The average molecular weight is 357 g/mol. The first kappa shape index (κ1) is 19.0. The highest BCUT2D eigenvalue weighted by atomic mass is 16.5. The van der Waals surface area contributed by atoms with Crippen molar-refractivity contribution in [2.75, 3.05) is 7.11 Å². The minimum absolute atomic E-state index is 0.343. The van der Waals surface area contributed by atoms with Gasteiger partial charge in [-0.15, -0.1) is 0 Å². The number of benzene rings is 3. The molecule has 0 fully saturated rings. The highest BCUT2D eigenvalue weighted by Gasteiger charge is 2.10. The van der Waals surface area contributed by atoms with Gasteiger partial charge in [-0.3, -0.25) is 0 Å². The SMILES string of the molecule is COc1ccc(/C=C/[C@H](Cc2ccccc2)c2ccc(C(C)C)cc2)cc1. The van der Waals surface area contributed by atoms with Crippen LogP contribution in [0.25, 0.3) is 6.08 Å². The summed E-state index contributed by atoms with van der Waals surface area (Å²) in [6, 6.07) is 28.0. The molecule has 138 valence electrons. The molecule has 0 aliphatic carbocycles. The average Bonchev–Trinajstić information content (AvgIpc) is 2.72. The molecule has 1 nitrogen and oxygen atoms in total. The lowest BCUT2D eigenvalue weighted by atomic mass is 9.89. The quantitative estimate of drug-likeness (QED) is 0.449. The first-order valence-electron chi connectivity index (χ1n) is 9.61. The van der Waals surface area contributed by atoms with Crippen molar-refractivity contribution in [1.82, 2.24) is 0 Å². The molecule has 1 atom stereocenters. The van der Waals surface area contributed by atoms with Crippen LogP contribution in [0.3, 0.4) is 0 Å². The Balaban J connectivity index is 1.85. The molecule has 0 aromatic heterocycles. The Bertz CT molecular complexity index is 843. The van der Waals surface area contributed by atoms with Crippen LogP contribution in [-0.2, 0) is 6.42 Å². The normalized spacial score (nSPS) is 12.4. The van der Waals surface area contributed by atoms with Crippen molar-refractivity contribution in [2.24, 2.45) is 0 Å². The van der Waals surface area contributed by atoms with E-state index in [1.165, 1.54) is 22.3 Å². The first-order chi connectivity index (χ1) is 13.2. The van der Waals surface area contributed by atoms with Gasteiger partial charge < -0.3 is 4.74 Å². The van der Waals surface area contributed by atoms with Crippen molar-refractivity contribution in [1.29, 1.82) is 0 Å². The summed E-state index contributed by atoms with van der Waals surface area (Å²) in [5, 5.41) is 0. The Morgan fingerprint density at radius 1 is 0.778 bits per heavy atom. The fourth-order valence-corrected chi connectivity index (χ4v) is 3.24. The standard InChI is InChI=1S/C26H28O/c1-20(2)23-13-15-24(16-14-23)25(19-22-7-5-4-6-8-22)12-9-21-10-17-26(27-3)18-11-21/h4-18,20,25H,19H2,1-3H3/b12-9+/t25-/m1/s1. The molecule has 3 aromatic carbocycles. The zero-order chi connectivity index (χ0) is 19.1. The van der Waals surface area contributed by atoms with Crippen LogP contribution >= 0.6 is 0 Å². The van der Waals surface area contributed by atoms with Gasteiger partial charge in [0.05, 0.1) is 7.11 Å². The number of methoxy groups -OCH3 is 1. The van der Waals surface area contributed by atoms with Crippen LogP contribution < -0.4 is 4.74 Å². The van der Waals surface area contributed by atoms with Crippen LogP contribution in [0.15, 0.2) is 84.9 Å². The fourth-order valence-electron chi connectivity index (χ4n) is 3.24. The van der Waals surface area contributed by atoms with Gasteiger partial charge in [-0.2, -0.15) is 0 Å². The molecule has 0 amide bonds. The van der Waals surface area contributed by atoms with E-state index >= 15 is 0 Å². The molecule has 1 heteroatoms. The van der Waals surface area contributed by atoms with Gasteiger partial charge in [-0.1, -0.05) is 92.7 Å². The van der Waals surface area contributed by atoms with E-state index in [-0.39, 0.29) is 0 Å². The van der Waals surface area contributed by atoms with E-state index in [2.05, 4.69) is 92.7 Å². The Labute approximate surface area is 163 Å². The molecule has 0 N–H and O–H groups in total. The van der Waals surface area contributed by atoms with E-state index in [4.69, 9.17) is 4.74 Å². The van der Waals surface area contributed by atoms with E-state index in [0.717, 1.165) is 12.2 Å². The van der Waals surface area contributed by atoms with Gasteiger partial charge in [-0.25, -0.2) is 0 Å². The molecule has 0 bridgehead atoms. The zero-order valence-electron chi connectivity index (χ0n) is 16.4. The Morgan fingerprint density at radius 2 is 1.41 bits per heavy atom. The third kappa shape index (κ3) is 5.34. The highest BCUT2D eigenvalue weighted by Crippen LogP contribution is 2.26. The lowest BCUT2D eigenvalue weighted by Crippen LogP contribution is -2.01. The molecule has 3 aromatic rings. The first-order valence-corrected chi connectivity index (χ1v) is 9.61. The summed E-state index contributed by atoms with van der Waals surface area (Å²) in [4.78, 5) is 0. The third-order valence-electron chi connectivity index (χ3n) is 4.97. The molecule has 0 saturated carbocycles. The van der Waals surface area contributed by atoms with Crippen LogP contribution in [-0.4, -0.2) is 7.11 Å². The maximum atomic E-state index is 5.25. The van der Waals surface area contributed by atoms with Crippen molar-refractivity contribution in [3.05, 3.63) is 107 Å². The van der Waals surface area contributed by atoms with Gasteiger partial charge in [0, 0.05) is 5.92 Å². The van der Waals surface area contributed by atoms with Crippen LogP contribution in [0, 0.1) is 0 Å². The van der Waals surface area contributed by atoms with Gasteiger partial charge in [0.25, 0.3) is 0 Å². The van der Waals surface area contributed by atoms with E-state index in [0.29, 0.717) is 11.8 Å². The smallest absolute Gasteiger partial charge is 0.118 e. The summed E-state index contributed by atoms with van der Waals surface area (Å²) in [5.41, 5.74) is 5.28. The number of ether oxygens (including phenoxy) is 1. The predicted octanol–water partition coefficient (Wildman–Crippen LogP) is 6.86. The number of hydrogen-bond acceptors (Lipinski definition) is 1. The lowest BCUT2D eigenvalue weighted by Gasteiger charge is -2.15. The number of allylic oxidation sites excluding steroid dienone is 1. The number of rotatable bonds is 7. The topological polar surface area (TPSA) is 9.23 Å². The summed E-state index contributed by atoms with van der Waals surface area (Å²) in [6.07, 6.45) is 5.52. The van der Waals surface area contributed by atoms with Gasteiger partial charge in [0.1, 0.15) is 5.75 Å². The van der Waals surface area contributed by atoms with E-state index in [1.807, 2.05) is 12.1 Å². The van der Waals surface area contributed by atoms with E-state index in [1.54, 1.807) is 7.11 Å². The van der Waals surface area contributed by atoms with Gasteiger partial charge in [0.2, 0.25) is 0 Å². The maximum absolute atomic E-state index is 5.25. The summed E-state index contributed by atoms with van der Waals surface area (Å²) in [7, 11) is 1.70. The molecule has 0 aliphatic heterocycles. The molecule has 0 saturated heterocycles. The fraction of sp³-hybridized carbons (Fsp3) is 0.231. The molecule has 0 aliphatic rings. The maximum Gasteiger partial charge on any atom is 0.118 e. The van der Waals surface area contributed by atoms with Crippen molar-refractivity contribution in [2.45, 2.75) is 32.1 Å². The van der Waals surface area contributed by atoms with Gasteiger partial charge >= 0.3 is 0 Å². The second kappa shape index (κ2) is 9.23. The largest absolute Gasteiger partial charge is 0.497 e. The minimum Gasteiger partial charge on any atom is -0.497 e. The Kier molecular flexibility index (Phi) is 6.49. The molecule has 0 unspecified atom stereocenters. The lowest BCUT2D eigenvalue weighted by molar-refractivity contribution is 0.415. The summed E-state index contributed by atoms with van der Waals surface area (Å²) < 4.78 is 5.25. The zero-order valence-corrected chi connectivity index (χ0v) is 16.4.